The molecule has 1 nitrogen and oxygen atoms in total. The first kappa shape index (κ1) is 34.8. The van der Waals surface area contributed by atoms with E-state index in [1.807, 2.05) is 0 Å². The van der Waals surface area contributed by atoms with Crippen LogP contribution in [0.1, 0.15) is 64.8 Å². The molecule has 57 heavy (non-hydrogen) atoms. The lowest BCUT2D eigenvalue weighted by Gasteiger charge is -2.32. The summed E-state index contributed by atoms with van der Waals surface area (Å²) in [5, 5.41) is 2.54. The molecule has 8 aromatic carbocycles. The van der Waals surface area contributed by atoms with Gasteiger partial charge in [0.15, 0.2) is 0 Å². The third-order valence-electron chi connectivity index (χ3n) is 12.5. The molecule has 0 fully saturated rings. The number of anilines is 3. The number of allylic oxidation sites excluding steroid dienone is 2. The van der Waals surface area contributed by atoms with Gasteiger partial charge in [-0.1, -0.05) is 159 Å². The van der Waals surface area contributed by atoms with Crippen LogP contribution in [0.25, 0.3) is 56.3 Å². The van der Waals surface area contributed by atoms with Crippen molar-refractivity contribution in [1.82, 2.24) is 0 Å². The Morgan fingerprint density at radius 2 is 0.947 bits per heavy atom. The van der Waals surface area contributed by atoms with Gasteiger partial charge in [-0.05, 0) is 152 Å². The first-order valence-corrected chi connectivity index (χ1v) is 20.3. The van der Waals surface area contributed by atoms with Crippen LogP contribution >= 0.6 is 0 Å². The summed E-state index contributed by atoms with van der Waals surface area (Å²) in [6.45, 7) is 8.86. The van der Waals surface area contributed by atoms with Crippen LogP contribution in [0.5, 0.6) is 0 Å². The van der Waals surface area contributed by atoms with E-state index in [2.05, 4.69) is 221 Å². The summed E-state index contributed by atoms with van der Waals surface area (Å²) in [6.07, 6.45) is 10.0. The molecule has 274 valence electrons. The number of hydrogen-bond donors (Lipinski definition) is 0. The lowest BCUT2D eigenvalue weighted by atomic mass is 9.70. The zero-order valence-corrected chi connectivity index (χ0v) is 33.1. The molecule has 0 saturated heterocycles. The number of fused-ring (bicyclic) bond motifs is 11. The molecule has 1 spiro atoms. The SMILES string of the molecule is C/C=C\c1c(C)c(C)c(/C=C\CC)c2cc(N(c3ccc(-c4ccccc4)cc3)c3ccc4c(c3)C3(c5ccccc5-c5ccccc53)c3ccccc3-4)ccc12. The fraction of sp³-hybridized carbons (Fsp3) is 0.107. The molecule has 8 aromatic rings. The van der Waals surface area contributed by atoms with Crippen LogP contribution in [-0.2, 0) is 5.41 Å². The second-order valence-corrected chi connectivity index (χ2v) is 15.5. The van der Waals surface area contributed by atoms with Gasteiger partial charge in [-0.3, -0.25) is 0 Å². The van der Waals surface area contributed by atoms with Crippen LogP contribution in [0.15, 0.2) is 176 Å². The van der Waals surface area contributed by atoms with Gasteiger partial charge in [-0.2, -0.15) is 0 Å². The standard InChI is InChI=1S/C56H45N/c1-5-7-20-45-38(4)37(3)44(17-6-2)46-33-31-42(35-51(45)46)57(41-29-27-40(28-30-41)39-18-9-8-10-19-39)43-32-34-50-49-23-13-16-26-54(49)56(55(50)36-43)52-24-14-11-21-47(52)48-22-12-15-25-53(48)56/h6-36H,5H2,1-4H3/b17-6-,20-7-. The number of hydrogen-bond acceptors (Lipinski definition) is 1. The fourth-order valence-corrected chi connectivity index (χ4v) is 9.87. The fourth-order valence-electron chi connectivity index (χ4n) is 9.87. The van der Waals surface area contributed by atoms with Gasteiger partial charge in [0.1, 0.15) is 0 Å². The normalized spacial score (nSPS) is 13.3. The highest BCUT2D eigenvalue weighted by molar-refractivity contribution is 6.02. The van der Waals surface area contributed by atoms with E-state index in [0.29, 0.717) is 0 Å². The Balaban J connectivity index is 1.24. The quantitative estimate of drug-likeness (QED) is 0.158. The predicted molar refractivity (Wildman–Crippen MR) is 244 cm³/mol. The van der Waals surface area contributed by atoms with Crippen molar-refractivity contribution in [3.63, 3.8) is 0 Å². The third kappa shape index (κ3) is 5.22. The Morgan fingerprint density at radius 3 is 1.54 bits per heavy atom. The van der Waals surface area contributed by atoms with Gasteiger partial charge in [-0.15, -0.1) is 0 Å². The van der Waals surface area contributed by atoms with E-state index in [1.165, 1.54) is 88.7 Å². The molecular weight excluding hydrogens is 687 g/mol. The van der Waals surface area contributed by atoms with Crippen molar-refractivity contribution in [3.8, 4) is 33.4 Å². The van der Waals surface area contributed by atoms with E-state index in [4.69, 9.17) is 0 Å². The topological polar surface area (TPSA) is 3.24 Å². The van der Waals surface area contributed by atoms with Gasteiger partial charge >= 0.3 is 0 Å². The maximum Gasteiger partial charge on any atom is 0.0726 e. The molecule has 10 rings (SSSR count). The van der Waals surface area contributed by atoms with Crippen molar-refractivity contribution in [2.24, 2.45) is 0 Å². The van der Waals surface area contributed by atoms with Crippen LogP contribution in [0.2, 0.25) is 0 Å². The van der Waals surface area contributed by atoms with Crippen LogP contribution < -0.4 is 4.90 Å². The van der Waals surface area contributed by atoms with E-state index in [-0.39, 0.29) is 0 Å². The highest BCUT2D eigenvalue weighted by atomic mass is 15.1. The molecule has 0 unspecified atom stereocenters. The van der Waals surface area contributed by atoms with Crippen LogP contribution in [0, 0.1) is 13.8 Å². The summed E-state index contributed by atoms with van der Waals surface area (Å²) < 4.78 is 0. The maximum atomic E-state index is 2.49. The summed E-state index contributed by atoms with van der Waals surface area (Å²) in [6, 6.07) is 61.2. The maximum absolute atomic E-state index is 2.49. The Morgan fingerprint density at radius 1 is 0.456 bits per heavy atom. The molecule has 1 heteroatoms. The average Bonchev–Trinajstić information content (AvgIpc) is 3.73. The lowest BCUT2D eigenvalue weighted by molar-refractivity contribution is 0.793. The molecule has 0 atom stereocenters. The van der Waals surface area contributed by atoms with Crippen molar-refractivity contribution < 1.29 is 0 Å². The van der Waals surface area contributed by atoms with E-state index < -0.39 is 5.41 Å². The van der Waals surface area contributed by atoms with Gasteiger partial charge in [0.25, 0.3) is 0 Å². The summed E-state index contributed by atoms with van der Waals surface area (Å²) in [5.74, 6) is 0. The minimum Gasteiger partial charge on any atom is -0.310 e. The monoisotopic (exact) mass is 731 g/mol. The highest BCUT2D eigenvalue weighted by Crippen LogP contribution is 2.63. The predicted octanol–water partition coefficient (Wildman–Crippen LogP) is 15.4. The molecule has 0 aliphatic heterocycles. The number of rotatable bonds is 7. The molecule has 0 aromatic heterocycles. The van der Waals surface area contributed by atoms with E-state index in [9.17, 15) is 0 Å². The first-order valence-electron chi connectivity index (χ1n) is 20.3. The van der Waals surface area contributed by atoms with Gasteiger partial charge in [0.2, 0.25) is 0 Å². The smallest absolute Gasteiger partial charge is 0.0726 e. The molecule has 0 N–H and O–H groups in total. The summed E-state index contributed by atoms with van der Waals surface area (Å²) in [4.78, 5) is 2.47. The Bertz CT molecular complexity index is 2840. The molecule has 0 amide bonds. The molecule has 2 aliphatic rings. The third-order valence-corrected chi connectivity index (χ3v) is 12.5. The minimum absolute atomic E-state index is 0.421. The molecular formula is C56H45N. The van der Waals surface area contributed by atoms with Crippen LogP contribution in [0.3, 0.4) is 0 Å². The number of nitrogens with zero attached hydrogens (tertiary/aromatic N) is 1. The average molecular weight is 732 g/mol. The molecule has 0 radical (unpaired) electrons. The van der Waals surface area contributed by atoms with Gasteiger partial charge in [-0.25, -0.2) is 0 Å². The molecule has 0 heterocycles. The summed E-state index contributed by atoms with van der Waals surface area (Å²) in [5.41, 5.74) is 21.3. The lowest BCUT2D eigenvalue weighted by Crippen LogP contribution is -2.26. The van der Waals surface area contributed by atoms with Crippen molar-refractivity contribution in [2.75, 3.05) is 4.90 Å². The van der Waals surface area contributed by atoms with Crippen molar-refractivity contribution in [2.45, 2.75) is 39.5 Å². The van der Waals surface area contributed by atoms with E-state index in [0.717, 1.165) is 23.5 Å². The van der Waals surface area contributed by atoms with Gasteiger partial charge < -0.3 is 4.90 Å². The summed E-state index contributed by atoms with van der Waals surface area (Å²) in [7, 11) is 0. The second-order valence-electron chi connectivity index (χ2n) is 15.5. The second kappa shape index (κ2) is 13.8. The zero-order valence-electron chi connectivity index (χ0n) is 33.1. The number of benzene rings is 8. The van der Waals surface area contributed by atoms with Crippen LogP contribution in [-0.4, -0.2) is 0 Å². The van der Waals surface area contributed by atoms with E-state index >= 15 is 0 Å². The molecule has 0 bridgehead atoms. The van der Waals surface area contributed by atoms with Crippen molar-refractivity contribution in [3.05, 3.63) is 220 Å². The van der Waals surface area contributed by atoms with Gasteiger partial charge in [0.05, 0.1) is 5.41 Å². The largest absolute Gasteiger partial charge is 0.310 e. The van der Waals surface area contributed by atoms with Crippen molar-refractivity contribution >= 4 is 40.0 Å². The Kier molecular flexibility index (Phi) is 8.42. The van der Waals surface area contributed by atoms with Gasteiger partial charge in [0, 0.05) is 17.1 Å². The minimum atomic E-state index is -0.421. The highest BCUT2D eigenvalue weighted by Gasteiger charge is 2.51. The van der Waals surface area contributed by atoms with E-state index in [1.54, 1.807) is 0 Å². The molecule has 0 saturated carbocycles. The zero-order chi connectivity index (χ0) is 38.7. The van der Waals surface area contributed by atoms with Crippen molar-refractivity contribution in [1.29, 1.82) is 0 Å². The summed E-state index contributed by atoms with van der Waals surface area (Å²) >= 11 is 0. The van der Waals surface area contributed by atoms with Crippen LogP contribution in [0.4, 0.5) is 17.1 Å². The Hall–Kier alpha value is -6.70. The first-order chi connectivity index (χ1) is 28.0. The molecule has 2 aliphatic carbocycles. The Labute approximate surface area is 336 Å².